The molecule has 1 aromatic rings. The lowest BCUT2D eigenvalue weighted by molar-refractivity contribution is 0.0713. The predicted octanol–water partition coefficient (Wildman–Crippen LogP) is 1.64. The molecular weight excluding hydrogens is 300 g/mol. The molecular formula is C13H17ClN2O3S. The average molecular weight is 317 g/mol. The average Bonchev–Trinajstić information content (AvgIpc) is 2.37. The van der Waals surface area contributed by atoms with E-state index in [0.717, 1.165) is 0 Å². The van der Waals surface area contributed by atoms with Crippen LogP contribution in [0.1, 0.15) is 17.3 Å². The maximum atomic E-state index is 12.6. The first-order valence-corrected chi connectivity index (χ1v) is 8.52. The topological polar surface area (TPSA) is 66.5 Å². The number of hydrogen-bond donors (Lipinski definition) is 1. The van der Waals surface area contributed by atoms with Crippen molar-refractivity contribution in [1.29, 1.82) is 0 Å². The molecule has 0 radical (unpaired) electrons. The van der Waals surface area contributed by atoms with Gasteiger partial charge in [0.25, 0.3) is 5.91 Å². The van der Waals surface area contributed by atoms with Crippen molar-refractivity contribution >= 4 is 33.0 Å². The Bertz CT molecular complexity index is 631. The van der Waals surface area contributed by atoms with Gasteiger partial charge in [0, 0.05) is 30.3 Å². The van der Waals surface area contributed by atoms with Crippen LogP contribution in [-0.4, -0.2) is 50.4 Å². The van der Waals surface area contributed by atoms with E-state index in [0.29, 0.717) is 16.3 Å². The second-order valence-electron chi connectivity index (χ2n) is 4.90. The van der Waals surface area contributed by atoms with Crippen LogP contribution < -0.4 is 5.32 Å². The smallest absolute Gasteiger partial charge is 0.256 e. The number of carbonyl (C=O) groups excluding carboxylic acids is 1. The number of sulfone groups is 1. The molecule has 1 atom stereocenters. The fourth-order valence-electron chi connectivity index (χ4n) is 2.37. The first-order valence-electron chi connectivity index (χ1n) is 6.33. The quantitative estimate of drug-likeness (QED) is 0.901. The molecule has 1 aliphatic rings. The van der Waals surface area contributed by atoms with Gasteiger partial charge in [-0.2, -0.15) is 0 Å². The number of rotatable bonds is 2. The molecule has 1 unspecified atom stereocenters. The van der Waals surface area contributed by atoms with Crippen molar-refractivity contribution in [2.24, 2.45) is 0 Å². The van der Waals surface area contributed by atoms with Gasteiger partial charge in [-0.3, -0.25) is 4.79 Å². The molecule has 1 fully saturated rings. The lowest BCUT2D eigenvalue weighted by atomic mass is 10.1. The van der Waals surface area contributed by atoms with Gasteiger partial charge in [0.2, 0.25) is 0 Å². The third kappa shape index (κ3) is 3.07. The third-order valence-electron chi connectivity index (χ3n) is 3.41. The number of hydrogen-bond acceptors (Lipinski definition) is 4. The van der Waals surface area contributed by atoms with Gasteiger partial charge >= 0.3 is 0 Å². The van der Waals surface area contributed by atoms with Crippen molar-refractivity contribution < 1.29 is 13.2 Å². The first-order chi connectivity index (χ1) is 9.34. The summed E-state index contributed by atoms with van der Waals surface area (Å²) in [5.74, 6) is -0.175. The van der Waals surface area contributed by atoms with Crippen molar-refractivity contribution in [2.75, 3.05) is 30.4 Å². The summed E-state index contributed by atoms with van der Waals surface area (Å²) in [5.41, 5.74) is 1.14. The van der Waals surface area contributed by atoms with E-state index in [4.69, 9.17) is 11.6 Å². The molecule has 0 saturated carbocycles. The van der Waals surface area contributed by atoms with Crippen LogP contribution in [0.25, 0.3) is 0 Å². The molecule has 0 aliphatic carbocycles. The molecule has 1 N–H and O–H groups in total. The van der Waals surface area contributed by atoms with Crippen LogP contribution in [-0.2, 0) is 9.84 Å². The van der Waals surface area contributed by atoms with Crippen LogP contribution in [0.3, 0.4) is 0 Å². The SMILES string of the molecule is CNc1ccc(Cl)cc1C(=O)N1CCS(=O)(=O)CC1C. The van der Waals surface area contributed by atoms with Crippen LogP contribution in [0.2, 0.25) is 5.02 Å². The van der Waals surface area contributed by atoms with Crippen LogP contribution >= 0.6 is 11.6 Å². The molecule has 0 spiro atoms. The molecule has 1 heterocycles. The van der Waals surface area contributed by atoms with Gasteiger partial charge in [0.15, 0.2) is 9.84 Å². The standard InChI is InChI=1S/C13H17ClN2O3S/c1-9-8-20(18,19)6-5-16(9)13(17)11-7-10(14)3-4-12(11)15-2/h3-4,7,9,15H,5-6,8H2,1-2H3. The zero-order valence-electron chi connectivity index (χ0n) is 11.4. The Morgan fingerprint density at radius 3 is 2.75 bits per heavy atom. The molecule has 2 rings (SSSR count). The lowest BCUT2D eigenvalue weighted by Crippen LogP contribution is -2.49. The molecule has 110 valence electrons. The van der Waals surface area contributed by atoms with Crippen LogP contribution in [0.5, 0.6) is 0 Å². The zero-order valence-corrected chi connectivity index (χ0v) is 13.0. The predicted molar refractivity (Wildman–Crippen MR) is 80.2 cm³/mol. The molecule has 1 aromatic carbocycles. The van der Waals surface area contributed by atoms with E-state index in [1.54, 1.807) is 37.1 Å². The normalized spacial score (nSPS) is 21.6. The summed E-state index contributed by atoms with van der Waals surface area (Å²) >= 11 is 5.94. The highest BCUT2D eigenvalue weighted by atomic mass is 35.5. The van der Waals surface area contributed by atoms with Crippen molar-refractivity contribution in [1.82, 2.24) is 4.90 Å². The number of carbonyl (C=O) groups is 1. The number of amides is 1. The number of benzene rings is 1. The van der Waals surface area contributed by atoms with Crippen molar-refractivity contribution in [3.63, 3.8) is 0 Å². The second-order valence-corrected chi connectivity index (χ2v) is 7.57. The summed E-state index contributed by atoms with van der Waals surface area (Å²) in [6.45, 7) is 1.97. The van der Waals surface area contributed by atoms with Crippen molar-refractivity contribution in [3.05, 3.63) is 28.8 Å². The van der Waals surface area contributed by atoms with E-state index in [1.165, 1.54) is 0 Å². The summed E-state index contributed by atoms with van der Waals surface area (Å²) in [6, 6.07) is 4.71. The summed E-state index contributed by atoms with van der Waals surface area (Å²) in [4.78, 5) is 14.2. The van der Waals surface area contributed by atoms with Crippen LogP contribution in [0, 0.1) is 0 Å². The van der Waals surface area contributed by atoms with Crippen LogP contribution in [0.4, 0.5) is 5.69 Å². The molecule has 1 saturated heterocycles. The minimum Gasteiger partial charge on any atom is -0.387 e. The maximum Gasteiger partial charge on any atom is 0.256 e. The molecule has 7 heteroatoms. The Kier molecular flexibility index (Phi) is 4.25. The maximum absolute atomic E-state index is 12.6. The lowest BCUT2D eigenvalue weighted by Gasteiger charge is -2.33. The Hall–Kier alpha value is -1.27. The van der Waals surface area contributed by atoms with Gasteiger partial charge in [-0.25, -0.2) is 8.42 Å². The largest absolute Gasteiger partial charge is 0.387 e. The Balaban J connectivity index is 2.30. The van der Waals surface area contributed by atoms with Gasteiger partial charge in [0.1, 0.15) is 0 Å². The monoisotopic (exact) mass is 316 g/mol. The van der Waals surface area contributed by atoms with Gasteiger partial charge in [-0.15, -0.1) is 0 Å². The molecule has 0 aromatic heterocycles. The number of nitrogens with one attached hydrogen (secondary N) is 1. The molecule has 20 heavy (non-hydrogen) atoms. The van der Waals surface area contributed by atoms with E-state index < -0.39 is 9.84 Å². The third-order valence-corrected chi connectivity index (χ3v) is 5.44. The van der Waals surface area contributed by atoms with E-state index in [-0.39, 0.29) is 30.0 Å². The molecule has 1 aliphatic heterocycles. The summed E-state index contributed by atoms with van der Waals surface area (Å²) in [5, 5.41) is 3.43. The number of nitrogens with zero attached hydrogens (tertiary/aromatic N) is 1. The van der Waals surface area contributed by atoms with Crippen molar-refractivity contribution in [2.45, 2.75) is 13.0 Å². The Morgan fingerprint density at radius 1 is 1.45 bits per heavy atom. The Morgan fingerprint density at radius 2 is 2.15 bits per heavy atom. The minimum absolute atomic E-state index is 0.00813. The number of halogens is 1. The first kappa shape index (κ1) is 15.1. The van der Waals surface area contributed by atoms with E-state index in [1.807, 2.05) is 0 Å². The highest BCUT2D eigenvalue weighted by molar-refractivity contribution is 7.91. The van der Waals surface area contributed by atoms with Gasteiger partial charge in [-0.1, -0.05) is 11.6 Å². The molecule has 1 amide bonds. The minimum atomic E-state index is -3.04. The van der Waals surface area contributed by atoms with E-state index >= 15 is 0 Å². The number of anilines is 1. The van der Waals surface area contributed by atoms with Gasteiger partial charge in [-0.05, 0) is 25.1 Å². The van der Waals surface area contributed by atoms with Gasteiger partial charge < -0.3 is 10.2 Å². The van der Waals surface area contributed by atoms with E-state index in [9.17, 15) is 13.2 Å². The van der Waals surface area contributed by atoms with E-state index in [2.05, 4.69) is 5.32 Å². The summed E-state index contributed by atoms with van der Waals surface area (Å²) < 4.78 is 23.1. The van der Waals surface area contributed by atoms with Gasteiger partial charge in [0.05, 0.1) is 17.1 Å². The molecule has 5 nitrogen and oxygen atoms in total. The van der Waals surface area contributed by atoms with Crippen molar-refractivity contribution in [3.8, 4) is 0 Å². The molecule has 0 bridgehead atoms. The Labute approximate surface area is 123 Å². The fourth-order valence-corrected chi connectivity index (χ4v) is 4.10. The fraction of sp³-hybridized carbons (Fsp3) is 0.462. The zero-order chi connectivity index (χ0) is 14.9. The second kappa shape index (κ2) is 5.61. The van der Waals surface area contributed by atoms with Crippen LogP contribution in [0.15, 0.2) is 18.2 Å². The summed E-state index contributed by atoms with van der Waals surface area (Å²) in [7, 11) is -1.31. The highest BCUT2D eigenvalue weighted by Gasteiger charge is 2.32. The summed E-state index contributed by atoms with van der Waals surface area (Å²) in [6.07, 6.45) is 0. The highest BCUT2D eigenvalue weighted by Crippen LogP contribution is 2.24.